The fraction of sp³-hybridized carbons (Fsp3) is 0.344. The average molecular weight is 564 g/mol. The summed E-state index contributed by atoms with van der Waals surface area (Å²) in [6, 6.07) is 19.7. The van der Waals surface area contributed by atoms with Crippen LogP contribution in [0.5, 0.6) is 0 Å². The number of Topliss-reactive ketones (excluding diaryl/α,β-unsaturated/α-hetero) is 1. The number of carbonyl (C=O) groups excluding carboxylic acids is 2. The van der Waals surface area contributed by atoms with E-state index in [1.54, 1.807) is 29.2 Å². The molecule has 4 rings (SSSR count). The number of nitrogens with zero attached hydrogens (tertiary/aromatic N) is 1. The molecule has 2 unspecified atom stereocenters. The van der Waals surface area contributed by atoms with Gasteiger partial charge in [-0.15, -0.1) is 0 Å². The number of carbonyl (C=O) groups is 3. The van der Waals surface area contributed by atoms with E-state index in [2.05, 4.69) is 0 Å². The molecule has 0 saturated carbocycles. The van der Waals surface area contributed by atoms with Crippen molar-refractivity contribution in [2.45, 2.75) is 50.2 Å². The molecular weight excluding hydrogens is 529 g/mol. The summed E-state index contributed by atoms with van der Waals surface area (Å²) in [7, 11) is 0. The molecule has 1 aliphatic heterocycles. The molecule has 9 heteroatoms. The van der Waals surface area contributed by atoms with Crippen molar-refractivity contribution < 1.29 is 39.2 Å². The molecule has 0 aromatic heterocycles. The molecule has 3 aromatic rings. The van der Waals surface area contributed by atoms with Gasteiger partial charge >= 0.3 is 5.97 Å². The number of halogens is 1. The number of rotatable bonds is 14. The van der Waals surface area contributed by atoms with Crippen molar-refractivity contribution in [3.8, 4) is 0 Å². The minimum Gasteiger partial charge on any atom is -0.481 e. The van der Waals surface area contributed by atoms with E-state index in [9.17, 15) is 34.1 Å². The highest BCUT2D eigenvalue weighted by atomic mass is 19.1. The van der Waals surface area contributed by atoms with Gasteiger partial charge in [-0.1, -0.05) is 36.4 Å². The summed E-state index contributed by atoms with van der Waals surface area (Å²) in [5, 5.41) is 37.8. The SMILES string of the molecule is O=C(O)CCc1ccc(N2C(=O)C(CCC(=O)c3ccc(F)cc3)C2c2ccc(CCC(O)(CO)CO)cc2)cc1. The van der Waals surface area contributed by atoms with E-state index < -0.39 is 36.5 Å². The summed E-state index contributed by atoms with van der Waals surface area (Å²) in [4.78, 5) is 38.7. The topological polar surface area (TPSA) is 135 Å². The van der Waals surface area contributed by atoms with Crippen molar-refractivity contribution in [2.24, 2.45) is 5.92 Å². The Kier molecular flexibility index (Phi) is 9.65. The number of ketones is 1. The van der Waals surface area contributed by atoms with Crippen LogP contribution in [0.2, 0.25) is 0 Å². The van der Waals surface area contributed by atoms with Gasteiger partial charge in [-0.3, -0.25) is 14.4 Å². The van der Waals surface area contributed by atoms with Crippen LogP contribution in [0, 0.1) is 11.7 Å². The molecule has 0 spiro atoms. The van der Waals surface area contributed by atoms with Crippen LogP contribution in [-0.2, 0) is 22.4 Å². The maximum absolute atomic E-state index is 13.4. The van der Waals surface area contributed by atoms with Gasteiger partial charge in [-0.05, 0) is 78.8 Å². The maximum Gasteiger partial charge on any atom is 0.303 e. The van der Waals surface area contributed by atoms with Crippen molar-refractivity contribution in [2.75, 3.05) is 18.1 Å². The van der Waals surface area contributed by atoms with E-state index in [0.29, 0.717) is 30.5 Å². The van der Waals surface area contributed by atoms with E-state index in [1.807, 2.05) is 24.3 Å². The fourth-order valence-corrected chi connectivity index (χ4v) is 5.11. The lowest BCUT2D eigenvalue weighted by atomic mass is 9.78. The van der Waals surface area contributed by atoms with Gasteiger partial charge in [0, 0.05) is 24.1 Å². The smallest absolute Gasteiger partial charge is 0.303 e. The Bertz CT molecular complexity index is 1350. The average Bonchev–Trinajstić information content (AvgIpc) is 2.98. The summed E-state index contributed by atoms with van der Waals surface area (Å²) < 4.78 is 13.3. The normalized spacial score (nSPS) is 16.9. The van der Waals surface area contributed by atoms with Crippen molar-refractivity contribution in [3.63, 3.8) is 0 Å². The molecule has 1 saturated heterocycles. The third kappa shape index (κ3) is 7.24. The van der Waals surface area contributed by atoms with Gasteiger partial charge < -0.3 is 25.3 Å². The third-order valence-corrected chi connectivity index (χ3v) is 7.69. The second kappa shape index (κ2) is 13.2. The highest BCUT2D eigenvalue weighted by Crippen LogP contribution is 2.46. The summed E-state index contributed by atoms with van der Waals surface area (Å²) in [6.45, 7) is -1.09. The van der Waals surface area contributed by atoms with Crippen molar-refractivity contribution >= 4 is 23.3 Å². The highest BCUT2D eigenvalue weighted by molar-refractivity contribution is 6.04. The van der Waals surface area contributed by atoms with Gasteiger partial charge in [0.2, 0.25) is 5.91 Å². The number of aryl methyl sites for hydroxylation is 2. The number of aliphatic carboxylic acids is 1. The van der Waals surface area contributed by atoms with Gasteiger partial charge in [-0.2, -0.15) is 0 Å². The quantitative estimate of drug-likeness (QED) is 0.173. The predicted molar refractivity (Wildman–Crippen MR) is 150 cm³/mol. The number of carboxylic acids is 1. The van der Waals surface area contributed by atoms with Crippen LogP contribution >= 0.6 is 0 Å². The molecular formula is C32H34FNO7. The van der Waals surface area contributed by atoms with Crippen LogP contribution in [0.15, 0.2) is 72.8 Å². The Morgan fingerprint density at radius 3 is 2.00 bits per heavy atom. The molecule has 41 heavy (non-hydrogen) atoms. The predicted octanol–water partition coefficient (Wildman–Crippen LogP) is 3.86. The standard InChI is InChI=1S/C32H34FNO7/c33-25-10-8-23(9-11-25)28(37)15-14-27-30(24-6-1-22(2-7-24)17-18-32(41,19-35)20-36)34(31(27)40)26-12-3-21(4-13-26)5-16-29(38)39/h1-4,6-13,27,30,35-36,41H,5,14-20H2,(H,38,39). The Morgan fingerprint density at radius 1 is 0.829 bits per heavy atom. The van der Waals surface area contributed by atoms with Gasteiger partial charge in [0.05, 0.1) is 25.2 Å². The number of aliphatic hydroxyl groups excluding tert-OH is 2. The molecule has 1 amide bonds. The number of aliphatic hydroxyl groups is 3. The minimum absolute atomic E-state index is 0.00906. The number of β-lactam (4-membered cyclic amide) rings is 1. The monoisotopic (exact) mass is 563 g/mol. The Balaban J connectivity index is 1.53. The van der Waals surface area contributed by atoms with Crippen LogP contribution in [0.1, 0.15) is 58.8 Å². The summed E-state index contributed by atoms with van der Waals surface area (Å²) in [6.07, 6.45) is 1.43. The number of carboxylic acid groups (broad SMARTS) is 1. The van der Waals surface area contributed by atoms with Crippen LogP contribution in [0.4, 0.5) is 10.1 Å². The first-order chi connectivity index (χ1) is 19.6. The van der Waals surface area contributed by atoms with Crippen molar-refractivity contribution in [3.05, 3.63) is 101 Å². The van der Waals surface area contributed by atoms with E-state index in [1.165, 1.54) is 24.3 Å². The van der Waals surface area contributed by atoms with E-state index in [-0.39, 0.29) is 37.0 Å². The van der Waals surface area contributed by atoms with Crippen LogP contribution in [0.25, 0.3) is 0 Å². The first-order valence-corrected chi connectivity index (χ1v) is 13.6. The van der Waals surface area contributed by atoms with Gasteiger partial charge in [0.15, 0.2) is 5.78 Å². The molecule has 1 fully saturated rings. The fourth-order valence-electron chi connectivity index (χ4n) is 5.11. The van der Waals surface area contributed by atoms with Crippen LogP contribution in [-0.4, -0.2) is 56.9 Å². The summed E-state index contributed by atoms with van der Waals surface area (Å²) in [5.41, 5.74) is 2.09. The Morgan fingerprint density at radius 2 is 1.41 bits per heavy atom. The maximum atomic E-state index is 13.4. The molecule has 1 aliphatic rings. The largest absolute Gasteiger partial charge is 0.481 e. The molecule has 3 aromatic carbocycles. The zero-order chi connectivity index (χ0) is 29.6. The van der Waals surface area contributed by atoms with Gasteiger partial charge in [0.25, 0.3) is 0 Å². The first-order valence-electron chi connectivity index (χ1n) is 13.6. The number of anilines is 1. The van der Waals surface area contributed by atoms with Crippen LogP contribution in [0.3, 0.4) is 0 Å². The lowest BCUT2D eigenvalue weighted by molar-refractivity contribution is -0.137. The molecule has 4 N–H and O–H groups in total. The molecule has 216 valence electrons. The van der Waals surface area contributed by atoms with Gasteiger partial charge in [-0.25, -0.2) is 4.39 Å². The van der Waals surface area contributed by atoms with E-state index in [4.69, 9.17) is 5.11 Å². The van der Waals surface area contributed by atoms with Crippen molar-refractivity contribution in [1.29, 1.82) is 0 Å². The summed E-state index contributed by atoms with van der Waals surface area (Å²) >= 11 is 0. The van der Waals surface area contributed by atoms with Gasteiger partial charge in [0.1, 0.15) is 11.4 Å². The van der Waals surface area contributed by atoms with Crippen LogP contribution < -0.4 is 4.90 Å². The summed E-state index contributed by atoms with van der Waals surface area (Å²) in [5.74, 6) is -2.06. The molecule has 8 nitrogen and oxygen atoms in total. The molecule has 0 radical (unpaired) electrons. The molecule has 1 heterocycles. The highest BCUT2D eigenvalue weighted by Gasteiger charge is 2.48. The molecule has 0 bridgehead atoms. The Hall–Kier alpha value is -3.92. The third-order valence-electron chi connectivity index (χ3n) is 7.69. The zero-order valence-corrected chi connectivity index (χ0v) is 22.6. The Labute approximate surface area is 237 Å². The van der Waals surface area contributed by atoms with E-state index in [0.717, 1.165) is 16.7 Å². The van der Waals surface area contributed by atoms with E-state index >= 15 is 0 Å². The first kappa shape index (κ1) is 30.0. The zero-order valence-electron chi connectivity index (χ0n) is 22.6. The molecule has 2 atom stereocenters. The second-order valence-electron chi connectivity index (χ2n) is 10.6. The molecule has 0 aliphatic carbocycles. The minimum atomic E-state index is -1.56. The number of hydrogen-bond acceptors (Lipinski definition) is 6. The number of benzene rings is 3. The van der Waals surface area contributed by atoms with Crippen molar-refractivity contribution in [1.82, 2.24) is 0 Å². The lowest BCUT2D eigenvalue weighted by Crippen LogP contribution is -2.55. The lowest BCUT2D eigenvalue weighted by Gasteiger charge is -2.47. The number of hydrogen-bond donors (Lipinski definition) is 4. The number of amides is 1. The second-order valence-corrected chi connectivity index (χ2v) is 10.6.